The summed E-state index contributed by atoms with van der Waals surface area (Å²) in [5, 5.41) is 0. The SMILES string of the molecule is Cc1cc(C)cc(C(=O)C[C@@H]2CCCN(C(C)C)C2)c1. The Balaban J connectivity index is 2.00. The van der Waals surface area contributed by atoms with Gasteiger partial charge in [0.25, 0.3) is 0 Å². The van der Waals surface area contributed by atoms with Gasteiger partial charge in [-0.25, -0.2) is 0 Å². The number of benzene rings is 1. The van der Waals surface area contributed by atoms with E-state index < -0.39 is 0 Å². The number of rotatable bonds is 4. The molecule has 1 aliphatic heterocycles. The Hall–Kier alpha value is -1.15. The first-order chi connectivity index (χ1) is 9.45. The number of hydrogen-bond donors (Lipinski definition) is 0. The normalized spacial score (nSPS) is 20.4. The lowest BCUT2D eigenvalue weighted by Crippen LogP contribution is -2.40. The fraction of sp³-hybridized carbons (Fsp3) is 0.611. The molecule has 0 N–H and O–H groups in total. The van der Waals surface area contributed by atoms with E-state index in [4.69, 9.17) is 0 Å². The van der Waals surface area contributed by atoms with Crippen LogP contribution in [0.15, 0.2) is 18.2 Å². The van der Waals surface area contributed by atoms with E-state index in [0.717, 1.165) is 12.1 Å². The Morgan fingerprint density at radius 1 is 1.25 bits per heavy atom. The lowest BCUT2D eigenvalue weighted by atomic mass is 9.89. The molecule has 1 fully saturated rings. The van der Waals surface area contributed by atoms with Crippen molar-refractivity contribution in [1.82, 2.24) is 4.90 Å². The number of nitrogens with zero attached hydrogens (tertiary/aromatic N) is 1. The van der Waals surface area contributed by atoms with E-state index in [2.05, 4.69) is 38.7 Å². The smallest absolute Gasteiger partial charge is 0.163 e. The van der Waals surface area contributed by atoms with Crippen molar-refractivity contribution in [2.24, 2.45) is 5.92 Å². The van der Waals surface area contributed by atoms with Crippen LogP contribution in [0.4, 0.5) is 0 Å². The zero-order valence-electron chi connectivity index (χ0n) is 13.3. The number of carbonyl (C=O) groups is 1. The van der Waals surface area contributed by atoms with E-state index in [9.17, 15) is 4.79 Å². The van der Waals surface area contributed by atoms with Gasteiger partial charge < -0.3 is 4.90 Å². The van der Waals surface area contributed by atoms with Crippen LogP contribution in [0.25, 0.3) is 0 Å². The maximum absolute atomic E-state index is 12.5. The molecule has 0 spiro atoms. The average Bonchev–Trinajstić information content (AvgIpc) is 2.37. The van der Waals surface area contributed by atoms with E-state index in [1.807, 2.05) is 12.1 Å². The number of ketones is 1. The quantitative estimate of drug-likeness (QED) is 0.773. The molecule has 1 aromatic carbocycles. The maximum atomic E-state index is 12.5. The van der Waals surface area contributed by atoms with Crippen LogP contribution in [0, 0.1) is 19.8 Å². The maximum Gasteiger partial charge on any atom is 0.163 e. The molecule has 0 unspecified atom stereocenters. The van der Waals surface area contributed by atoms with Gasteiger partial charge in [-0.05, 0) is 65.1 Å². The molecule has 0 bridgehead atoms. The number of carbonyl (C=O) groups excluding carboxylic acids is 1. The lowest BCUT2D eigenvalue weighted by Gasteiger charge is -2.35. The summed E-state index contributed by atoms with van der Waals surface area (Å²) in [6.45, 7) is 10.9. The fourth-order valence-electron chi connectivity index (χ4n) is 3.25. The molecule has 1 atom stereocenters. The summed E-state index contributed by atoms with van der Waals surface area (Å²) in [6, 6.07) is 6.77. The minimum atomic E-state index is 0.312. The highest BCUT2D eigenvalue weighted by molar-refractivity contribution is 5.96. The molecule has 1 saturated heterocycles. The van der Waals surface area contributed by atoms with Gasteiger partial charge in [-0.3, -0.25) is 4.79 Å². The van der Waals surface area contributed by atoms with Crippen LogP contribution >= 0.6 is 0 Å². The number of aryl methyl sites for hydroxylation is 2. The highest BCUT2D eigenvalue weighted by Crippen LogP contribution is 2.23. The van der Waals surface area contributed by atoms with Crippen LogP contribution in [0.2, 0.25) is 0 Å². The van der Waals surface area contributed by atoms with Crippen molar-refractivity contribution < 1.29 is 4.79 Å². The summed E-state index contributed by atoms with van der Waals surface area (Å²) in [5.74, 6) is 0.840. The third kappa shape index (κ3) is 3.92. The summed E-state index contributed by atoms with van der Waals surface area (Å²) in [4.78, 5) is 15.0. The predicted molar refractivity (Wildman–Crippen MR) is 84.3 cm³/mol. The van der Waals surface area contributed by atoms with Crippen molar-refractivity contribution in [3.8, 4) is 0 Å². The van der Waals surface area contributed by atoms with Crippen molar-refractivity contribution >= 4 is 5.78 Å². The summed E-state index contributed by atoms with van der Waals surface area (Å²) in [7, 11) is 0. The van der Waals surface area contributed by atoms with Crippen LogP contribution in [0.3, 0.4) is 0 Å². The van der Waals surface area contributed by atoms with E-state index in [-0.39, 0.29) is 0 Å². The van der Waals surface area contributed by atoms with Crippen molar-refractivity contribution in [3.05, 3.63) is 34.9 Å². The number of likely N-dealkylation sites (tertiary alicyclic amines) is 1. The third-order valence-corrected chi connectivity index (χ3v) is 4.30. The fourth-order valence-corrected chi connectivity index (χ4v) is 3.25. The summed E-state index contributed by atoms with van der Waals surface area (Å²) in [6.07, 6.45) is 3.12. The zero-order chi connectivity index (χ0) is 14.7. The minimum absolute atomic E-state index is 0.312. The monoisotopic (exact) mass is 273 g/mol. The van der Waals surface area contributed by atoms with Gasteiger partial charge in [0.1, 0.15) is 0 Å². The van der Waals surface area contributed by atoms with Crippen molar-refractivity contribution in [2.75, 3.05) is 13.1 Å². The molecule has 2 heteroatoms. The van der Waals surface area contributed by atoms with E-state index in [1.165, 1.54) is 30.5 Å². The Labute approximate surface area is 123 Å². The molecule has 0 saturated carbocycles. The number of Topliss-reactive ketones (excluding diaryl/α,β-unsaturated/α-hetero) is 1. The minimum Gasteiger partial charge on any atom is -0.301 e. The molecule has 0 aromatic heterocycles. The molecule has 110 valence electrons. The van der Waals surface area contributed by atoms with Crippen LogP contribution in [-0.2, 0) is 0 Å². The van der Waals surface area contributed by atoms with Gasteiger partial charge >= 0.3 is 0 Å². The van der Waals surface area contributed by atoms with Gasteiger partial charge in [-0.2, -0.15) is 0 Å². The second-order valence-corrected chi connectivity index (χ2v) is 6.60. The molecule has 1 aromatic rings. The standard InChI is InChI=1S/C18H27NO/c1-13(2)19-7-5-6-16(12-19)11-18(20)17-9-14(3)8-15(4)10-17/h8-10,13,16H,5-7,11-12H2,1-4H3/t16-/m0/s1. The van der Waals surface area contributed by atoms with E-state index >= 15 is 0 Å². The Morgan fingerprint density at radius 2 is 1.90 bits per heavy atom. The molecule has 0 aliphatic carbocycles. The predicted octanol–water partition coefficient (Wildman–Crippen LogP) is 4.00. The molecule has 20 heavy (non-hydrogen) atoms. The average molecular weight is 273 g/mol. The van der Waals surface area contributed by atoms with Gasteiger partial charge in [0.15, 0.2) is 5.78 Å². The molecule has 0 radical (unpaired) electrons. The second kappa shape index (κ2) is 6.53. The van der Waals surface area contributed by atoms with E-state index in [1.54, 1.807) is 0 Å². The molecule has 1 heterocycles. The Morgan fingerprint density at radius 3 is 2.50 bits per heavy atom. The third-order valence-electron chi connectivity index (χ3n) is 4.30. The molecular formula is C18H27NO. The topological polar surface area (TPSA) is 20.3 Å². The lowest BCUT2D eigenvalue weighted by molar-refractivity contribution is 0.0890. The van der Waals surface area contributed by atoms with Gasteiger partial charge in [-0.15, -0.1) is 0 Å². The van der Waals surface area contributed by atoms with Crippen LogP contribution in [0.1, 0.15) is 54.6 Å². The number of hydrogen-bond acceptors (Lipinski definition) is 2. The first kappa shape index (κ1) is 15.2. The van der Waals surface area contributed by atoms with Crippen molar-refractivity contribution in [3.63, 3.8) is 0 Å². The first-order valence-electron chi connectivity index (χ1n) is 7.81. The van der Waals surface area contributed by atoms with Gasteiger partial charge in [0, 0.05) is 24.6 Å². The highest BCUT2D eigenvalue weighted by atomic mass is 16.1. The summed E-state index contributed by atoms with van der Waals surface area (Å²) < 4.78 is 0. The Bertz CT molecular complexity index is 458. The van der Waals surface area contributed by atoms with Gasteiger partial charge in [-0.1, -0.05) is 17.2 Å². The first-order valence-corrected chi connectivity index (χ1v) is 7.81. The van der Waals surface area contributed by atoms with Gasteiger partial charge in [0.05, 0.1) is 0 Å². The van der Waals surface area contributed by atoms with Crippen molar-refractivity contribution in [1.29, 1.82) is 0 Å². The summed E-state index contributed by atoms with van der Waals surface area (Å²) >= 11 is 0. The molecule has 1 aliphatic rings. The molecule has 0 amide bonds. The second-order valence-electron chi connectivity index (χ2n) is 6.60. The van der Waals surface area contributed by atoms with Crippen LogP contribution in [-0.4, -0.2) is 29.8 Å². The largest absolute Gasteiger partial charge is 0.301 e. The summed E-state index contributed by atoms with van der Waals surface area (Å²) in [5.41, 5.74) is 3.26. The highest BCUT2D eigenvalue weighted by Gasteiger charge is 2.24. The van der Waals surface area contributed by atoms with Crippen LogP contribution in [0.5, 0.6) is 0 Å². The zero-order valence-corrected chi connectivity index (χ0v) is 13.3. The Kier molecular flexibility index (Phi) is 4.98. The molecule has 2 nitrogen and oxygen atoms in total. The van der Waals surface area contributed by atoms with Gasteiger partial charge in [0.2, 0.25) is 0 Å². The molecular weight excluding hydrogens is 246 g/mol. The van der Waals surface area contributed by atoms with E-state index in [0.29, 0.717) is 24.2 Å². The van der Waals surface area contributed by atoms with Crippen LogP contribution < -0.4 is 0 Å². The molecule has 2 rings (SSSR count). The van der Waals surface area contributed by atoms with Crippen molar-refractivity contribution in [2.45, 2.75) is 53.0 Å². The number of piperidine rings is 1.